The topological polar surface area (TPSA) is 70.6 Å². The average molecular weight is 345 g/mol. The molecule has 7 heteroatoms. The Balaban J connectivity index is 1.77. The van der Waals surface area contributed by atoms with Gasteiger partial charge in [0.1, 0.15) is 5.82 Å². The lowest BCUT2D eigenvalue weighted by Gasteiger charge is -2.28. The first kappa shape index (κ1) is 18.0. The molecule has 1 aromatic carbocycles. The van der Waals surface area contributed by atoms with Crippen LogP contribution in [0.25, 0.3) is 0 Å². The summed E-state index contributed by atoms with van der Waals surface area (Å²) in [5.41, 5.74) is 0.365. The van der Waals surface area contributed by atoms with Crippen LogP contribution in [-0.4, -0.2) is 36.9 Å². The van der Waals surface area contributed by atoms with E-state index in [4.69, 9.17) is 16.3 Å². The zero-order valence-corrected chi connectivity index (χ0v) is 13.8. The highest BCUT2D eigenvalue weighted by atomic mass is 35.5. The minimum Gasteiger partial charge on any atom is -0.387 e. The van der Waals surface area contributed by atoms with Gasteiger partial charge >= 0.3 is 6.03 Å². The van der Waals surface area contributed by atoms with Crippen molar-refractivity contribution >= 4 is 17.6 Å². The van der Waals surface area contributed by atoms with Crippen LogP contribution in [0.1, 0.15) is 31.4 Å². The van der Waals surface area contributed by atoms with Crippen molar-refractivity contribution in [3.8, 4) is 0 Å². The summed E-state index contributed by atoms with van der Waals surface area (Å²) in [7, 11) is 0. The van der Waals surface area contributed by atoms with Crippen molar-refractivity contribution in [3.63, 3.8) is 0 Å². The third kappa shape index (κ3) is 5.34. The zero-order chi connectivity index (χ0) is 16.8. The fourth-order valence-corrected chi connectivity index (χ4v) is 2.74. The summed E-state index contributed by atoms with van der Waals surface area (Å²) in [5, 5.41) is 15.5. The van der Waals surface area contributed by atoms with Crippen LogP contribution in [0.15, 0.2) is 18.2 Å². The van der Waals surface area contributed by atoms with E-state index >= 15 is 0 Å². The maximum Gasteiger partial charge on any atom is 0.315 e. The second-order valence-electron chi connectivity index (χ2n) is 5.78. The van der Waals surface area contributed by atoms with Crippen molar-refractivity contribution < 1.29 is 19.0 Å². The molecule has 1 saturated heterocycles. The van der Waals surface area contributed by atoms with Crippen molar-refractivity contribution in [2.45, 2.75) is 31.9 Å². The molecule has 5 nitrogen and oxygen atoms in total. The van der Waals surface area contributed by atoms with Gasteiger partial charge in [-0.25, -0.2) is 9.18 Å². The summed E-state index contributed by atoms with van der Waals surface area (Å²) in [6.45, 7) is 3.40. The molecule has 0 bridgehead atoms. The molecule has 0 radical (unpaired) electrons. The number of aliphatic hydroxyl groups is 1. The number of ether oxygens (including phenoxy) is 1. The summed E-state index contributed by atoms with van der Waals surface area (Å²) in [5.74, 6) is -0.203. The molecule has 1 aliphatic rings. The number of benzene rings is 1. The Kier molecular flexibility index (Phi) is 6.62. The van der Waals surface area contributed by atoms with Gasteiger partial charge in [-0.1, -0.05) is 17.7 Å². The SMILES string of the molecule is C[C@@H](NC(=O)NC[C@@H](O)c1ccc(Cl)c(F)c1)C1CCOCC1. The Bertz CT molecular complexity index is 538. The second-order valence-corrected chi connectivity index (χ2v) is 6.19. The Morgan fingerprint density at radius 2 is 2.17 bits per heavy atom. The number of hydrogen-bond acceptors (Lipinski definition) is 3. The number of rotatable bonds is 5. The molecule has 23 heavy (non-hydrogen) atoms. The standard InChI is InChI=1S/C16H22ClFN2O3/c1-10(11-4-6-23-7-5-11)20-16(22)19-9-15(21)12-2-3-13(17)14(18)8-12/h2-3,8,10-11,15,21H,4-7,9H2,1H3,(H2,19,20,22)/t10-,15-/m1/s1. The lowest BCUT2D eigenvalue weighted by atomic mass is 9.93. The van der Waals surface area contributed by atoms with E-state index in [1.807, 2.05) is 6.92 Å². The number of carbonyl (C=O) groups excluding carboxylic acids is 1. The van der Waals surface area contributed by atoms with Gasteiger partial charge in [0.2, 0.25) is 0 Å². The van der Waals surface area contributed by atoms with Crippen LogP contribution < -0.4 is 10.6 Å². The highest BCUT2D eigenvalue weighted by Gasteiger charge is 2.22. The minimum absolute atomic E-state index is 0.00283. The van der Waals surface area contributed by atoms with Crippen LogP contribution in [0.2, 0.25) is 5.02 Å². The quantitative estimate of drug-likeness (QED) is 0.769. The molecule has 1 aromatic rings. The van der Waals surface area contributed by atoms with Crippen LogP contribution in [0, 0.1) is 11.7 Å². The molecule has 0 aliphatic carbocycles. The lowest BCUT2D eigenvalue weighted by molar-refractivity contribution is 0.0570. The molecule has 0 spiro atoms. The molecule has 1 heterocycles. The van der Waals surface area contributed by atoms with Gasteiger partial charge in [-0.3, -0.25) is 0 Å². The maximum absolute atomic E-state index is 13.4. The number of hydrogen-bond donors (Lipinski definition) is 3. The fourth-order valence-electron chi connectivity index (χ4n) is 2.62. The molecule has 3 N–H and O–H groups in total. The van der Waals surface area contributed by atoms with Gasteiger partial charge in [0.25, 0.3) is 0 Å². The minimum atomic E-state index is -0.995. The summed E-state index contributed by atoms with van der Waals surface area (Å²) in [4.78, 5) is 11.9. The van der Waals surface area contributed by atoms with Crippen molar-refractivity contribution in [1.82, 2.24) is 10.6 Å². The molecule has 0 unspecified atom stereocenters. The third-order valence-corrected chi connectivity index (χ3v) is 4.42. The Hall–Kier alpha value is -1.37. The highest BCUT2D eigenvalue weighted by Crippen LogP contribution is 2.20. The smallest absolute Gasteiger partial charge is 0.315 e. The normalized spacial score (nSPS) is 18.3. The van der Waals surface area contributed by atoms with E-state index in [1.54, 1.807) is 0 Å². The van der Waals surface area contributed by atoms with Crippen LogP contribution in [0.3, 0.4) is 0 Å². The van der Waals surface area contributed by atoms with Gasteiger partial charge < -0.3 is 20.5 Å². The van der Waals surface area contributed by atoms with E-state index in [0.29, 0.717) is 11.5 Å². The molecule has 2 atom stereocenters. The molecule has 0 aromatic heterocycles. The van der Waals surface area contributed by atoms with E-state index in [0.717, 1.165) is 32.1 Å². The monoisotopic (exact) mass is 344 g/mol. The summed E-state index contributed by atoms with van der Waals surface area (Å²) < 4.78 is 18.7. The van der Waals surface area contributed by atoms with Gasteiger partial charge in [0, 0.05) is 25.8 Å². The highest BCUT2D eigenvalue weighted by molar-refractivity contribution is 6.30. The largest absolute Gasteiger partial charge is 0.387 e. The van der Waals surface area contributed by atoms with E-state index in [1.165, 1.54) is 12.1 Å². The van der Waals surface area contributed by atoms with Crippen LogP contribution >= 0.6 is 11.6 Å². The molecule has 2 rings (SSSR count). The molecule has 1 fully saturated rings. The van der Waals surface area contributed by atoms with Crippen LogP contribution in [0.5, 0.6) is 0 Å². The number of amides is 2. The van der Waals surface area contributed by atoms with Gasteiger partial charge in [-0.15, -0.1) is 0 Å². The van der Waals surface area contributed by atoms with Crippen molar-refractivity contribution in [3.05, 3.63) is 34.6 Å². The van der Waals surface area contributed by atoms with E-state index in [9.17, 15) is 14.3 Å². The molecule has 2 amide bonds. The first-order valence-corrected chi connectivity index (χ1v) is 8.10. The third-order valence-electron chi connectivity index (χ3n) is 4.12. The lowest BCUT2D eigenvalue weighted by Crippen LogP contribution is -2.46. The Labute approximate surface area is 140 Å². The zero-order valence-electron chi connectivity index (χ0n) is 13.0. The van der Waals surface area contributed by atoms with E-state index in [-0.39, 0.29) is 23.6 Å². The summed E-state index contributed by atoms with van der Waals surface area (Å²) in [6.07, 6.45) is 0.855. The second kappa shape index (κ2) is 8.47. The predicted molar refractivity (Wildman–Crippen MR) is 85.9 cm³/mol. The predicted octanol–water partition coefficient (Wildman–Crippen LogP) is 2.63. The van der Waals surface area contributed by atoms with Crippen molar-refractivity contribution in [2.75, 3.05) is 19.8 Å². The number of urea groups is 1. The van der Waals surface area contributed by atoms with Gasteiger partial charge in [-0.05, 0) is 43.4 Å². The van der Waals surface area contributed by atoms with Crippen LogP contribution in [0.4, 0.5) is 9.18 Å². The van der Waals surface area contributed by atoms with E-state index in [2.05, 4.69) is 10.6 Å². The van der Waals surface area contributed by atoms with Crippen molar-refractivity contribution in [1.29, 1.82) is 0 Å². The maximum atomic E-state index is 13.4. The Morgan fingerprint density at radius 1 is 1.48 bits per heavy atom. The average Bonchev–Trinajstić information content (AvgIpc) is 2.56. The van der Waals surface area contributed by atoms with Crippen molar-refractivity contribution in [2.24, 2.45) is 5.92 Å². The van der Waals surface area contributed by atoms with Crippen LogP contribution in [-0.2, 0) is 4.74 Å². The molecular weight excluding hydrogens is 323 g/mol. The van der Waals surface area contributed by atoms with Gasteiger partial charge in [0.05, 0.1) is 11.1 Å². The van der Waals surface area contributed by atoms with Gasteiger partial charge in [-0.2, -0.15) is 0 Å². The number of nitrogens with one attached hydrogen (secondary N) is 2. The number of carbonyl (C=O) groups is 1. The number of aliphatic hydroxyl groups excluding tert-OH is 1. The summed E-state index contributed by atoms with van der Waals surface area (Å²) in [6, 6.07) is 3.75. The first-order chi connectivity index (χ1) is 11.0. The Morgan fingerprint density at radius 3 is 2.83 bits per heavy atom. The van der Waals surface area contributed by atoms with Gasteiger partial charge in [0.15, 0.2) is 0 Å². The first-order valence-electron chi connectivity index (χ1n) is 7.72. The van der Waals surface area contributed by atoms with E-state index < -0.39 is 11.9 Å². The number of halogens is 2. The molecule has 128 valence electrons. The molecule has 0 saturated carbocycles. The molecule has 1 aliphatic heterocycles. The fraction of sp³-hybridized carbons (Fsp3) is 0.562. The summed E-state index contributed by atoms with van der Waals surface area (Å²) >= 11 is 5.60. The molecular formula is C16H22ClFN2O3.